The molecule has 1 aromatic rings. The lowest BCUT2D eigenvalue weighted by Gasteiger charge is -2.22. The van der Waals surface area contributed by atoms with Crippen molar-refractivity contribution in [3.8, 4) is 0 Å². The molecular weight excluding hydrogens is 380 g/mol. The van der Waals surface area contributed by atoms with E-state index in [0.29, 0.717) is 0 Å². The van der Waals surface area contributed by atoms with E-state index >= 15 is 0 Å². The molecule has 0 spiro atoms. The van der Waals surface area contributed by atoms with Crippen LogP contribution in [0.4, 0.5) is 18.9 Å². The van der Waals surface area contributed by atoms with Crippen LogP contribution in [0.15, 0.2) is 12.1 Å². The van der Waals surface area contributed by atoms with Gasteiger partial charge in [0.2, 0.25) is 5.91 Å². The van der Waals surface area contributed by atoms with Crippen LogP contribution < -0.4 is 5.32 Å². The normalized spacial score (nSPS) is 11.8. The lowest BCUT2D eigenvalue weighted by molar-refractivity contribution is -0.148. The molecule has 0 saturated carbocycles. The number of anilines is 1. The molecule has 23 heavy (non-hydrogen) atoms. The number of hydrogen-bond donors (Lipinski definition) is 2. The molecule has 4 nitrogen and oxygen atoms in total. The first-order valence-electron chi connectivity index (χ1n) is 6.46. The van der Waals surface area contributed by atoms with Crippen LogP contribution in [-0.2, 0) is 4.79 Å². The molecule has 0 aromatic heterocycles. The highest BCUT2D eigenvalue weighted by Crippen LogP contribution is 2.32. The maximum atomic E-state index is 12.5. The van der Waals surface area contributed by atoms with Crippen molar-refractivity contribution < 1.29 is 23.1 Å². The van der Waals surface area contributed by atoms with E-state index in [4.69, 9.17) is 39.9 Å². The summed E-state index contributed by atoms with van der Waals surface area (Å²) in [5, 5.41) is 11.6. The molecule has 1 amide bonds. The summed E-state index contributed by atoms with van der Waals surface area (Å²) in [6, 6.07) is 2.63. The van der Waals surface area contributed by atoms with E-state index in [1.54, 1.807) is 0 Å². The quantitative estimate of drug-likeness (QED) is 0.692. The second kappa shape index (κ2) is 8.94. The van der Waals surface area contributed by atoms with E-state index < -0.39 is 25.2 Å². The predicted molar refractivity (Wildman–Crippen MR) is 84.3 cm³/mol. The fraction of sp³-hybridized carbons (Fsp3) is 0.462. The van der Waals surface area contributed by atoms with Crippen LogP contribution in [0.25, 0.3) is 0 Å². The van der Waals surface area contributed by atoms with Crippen LogP contribution in [0.1, 0.15) is 6.42 Å². The van der Waals surface area contributed by atoms with E-state index in [2.05, 4.69) is 5.32 Å². The van der Waals surface area contributed by atoms with Gasteiger partial charge in [0.15, 0.2) is 0 Å². The van der Waals surface area contributed by atoms with E-state index in [1.165, 1.54) is 12.1 Å². The Bertz CT molecular complexity index is 556. The summed E-state index contributed by atoms with van der Waals surface area (Å²) >= 11 is 17.4. The molecule has 0 unspecified atom stereocenters. The minimum atomic E-state index is -4.45. The third kappa shape index (κ3) is 7.58. The van der Waals surface area contributed by atoms with Crippen molar-refractivity contribution in [1.29, 1.82) is 0 Å². The first kappa shape index (κ1) is 20.3. The van der Waals surface area contributed by atoms with Crippen molar-refractivity contribution >= 4 is 46.4 Å². The highest BCUT2D eigenvalue weighted by Gasteiger charge is 2.31. The number of benzene rings is 1. The molecular formula is C13H14Cl3F3N2O2. The number of carbonyl (C=O) groups excluding carboxylic acids is 1. The smallest absolute Gasteiger partial charge is 0.396 e. The molecule has 1 rings (SSSR count). The number of aliphatic hydroxyl groups excluding tert-OH is 1. The number of hydrogen-bond acceptors (Lipinski definition) is 3. The highest BCUT2D eigenvalue weighted by atomic mass is 35.5. The summed E-state index contributed by atoms with van der Waals surface area (Å²) < 4.78 is 37.4. The van der Waals surface area contributed by atoms with Gasteiger partial charge in [-0.3, -0.25) is 9.69 Å². The van der Waals surface area contributed by atoms with Crippen molar-refractivity contribution in [3.05, 3.63) is 27.2 Å². The number of nitrogens with zero attached hydrogens (tertiary/aromatic N) is 1. The van der Waals surface area contributed by atoms with Crippen LogP contribution in [0.2, 0.25) is 15.1 Å². The average Bonchev–Trinajstić information content (AvgIpc) is 2.40. The third-order valence-corrected chi connectivity index (χ3v) is 3.72. The predicted octanol–water partition coefficient (Wildman–Crippen LogP) is 3.83. The lowest BCUT2D eigenvalue weighted by atomic mass is 10.3. The maximum Gasteiger partial charge on any atom is 0.401 e. The number of carbonyl (C=O) groups is 1. The first-order chi connectivity index (χ1) is 10.6. The summed E-state index contributed by atoms with van der Waals surface area (Å²) in [5.41, 5.74) is 0.153. The number of nitrogens with one attached hydrogen (secondary N) is 1. The number of rotatable bonds is 7. The number of alkyl halides is 3. The summed E-state index contributed by atoms with van der Waals surface area (Å²) in [7, 11) is 0. The van der Waals surface area contributed by atoms with Gasteiger partial charge in [-0.1, -0.05) is 34.8 Å². The average molecular weight is 394 g/mol. The third-order valence-electron chi connectivity index (χ3n) is 2.69. The van der Waals surface area contributed by atoms with E-state index in [1.807, 2.05) is 0 Å². The molecule has 0 aliphatic carbocycles. The fourth-order valence-corrected chi connectivity index (χ4v) is 2.37. The van der Waals surface area contributed by atoms with Gasteiger partial charge in [0.05, 0.1) is 33.8 Å². The minimum absolute atomic E-state index is 0.0709. The Balaban J connectivity index is 2.73. The zero-order valence-electron chi connectivity index (χ0n) is 11.8. The van der Waals surface area contributed by atoms with Crippen molar-refractivity contribution in [2.45, 2.75) is 12.6 Å². The molecule has 0 bridgehead atoms. The zero-order chi connectivity index (χ0) is 17.6. The van der Waals surface area contributed by atoms with Gasteiger partial charge >= 0.3 is 6.18 Å². The van der Waals surface area contributed by atoms with Crippen molar-refractivity contribution in [2.75, 3.05) is 31.6 Å². The topological polar surface area (TPSA) is 52.6 Å². The standard InChI is InChI=1S/C13H14Cl3F3N2O2/c14-8-4-10(16)11(5-9(8)15)20-12(23)6-21(2-1-3-22)7-13(17,18)19/h4-5,22H,1-3,6-7H2,(H,20,23). The number of halogens is 6. The SMILES string of the molecule is O=C(CN(CCCO)CC(F)(F)F)Nc1cc(Cl)c(Cl)cc1Cl. The van der Waals surface area contributed by atoms with Gasteiger partial charge < -0.3 is 10.4 Å². The molecule has 130 valence electrons. The van der Waals surface area contributed by atoms with Gasteiger partial charge in [-0.2, -0.15) is 13.2 Å². The second-order valence-corrected chi connectivity index (χ2v) is 5.92. The van der Waals surface area contributed by atoms with E-state index in [-0.39, 0.29) is 40.3 Å². The van der Waals surface area contributed by atoms with Crippen LogP contribution in [0, 0.1) is 0 Å². The molecule has 0 saturated heterocycles. The van der Waals surface area contributed by atoms with Crippen LogP contribution in [0.3, 0.4) is 0 Å². The minimum Gasteiger partial charge on any atom is -0.396 e. The summed E-state index contributed by atoms with van der Waals surface area (Å²) in [6.45, 7) is -2.10. The van der Waals surface area contributed by atoms with Crippen molar-refractivity contribution in [1.82, 2.24) is 4.90 Å². The zero-order valence-corrected chi connectivity index (χ0v) is 14.0. The molecule has 0 aliphatic heterocycles. The van der Waals surface area contributed by atoms with Gasteiger partial charge in [0, 0.05) is 13.2 Å². The van der Waals surface area contributed by atoms with Gasteiger partial charge in [0.1, 0.15) is 0 Å². The Labute approximate surface area is 146 Å². The molecule has 0 fully saturated rings. The summed E-state index contributed by atoms with van der Waals surface area (Å²) in [5.74, 6) is -0.688. The molecule has 1 aromatic carbocycles. The largest absolute Gasteiger partial charge is 0.401 e. The highest BCUT2D eigenvalue weighted by molar-refractivity contribution is 6.44. The van der Waals surface area contributed by atoms with E-state index in [9.17, 15) is 18.0 Å². The molecule has 0 aliphatic rings. The fourth-order valence-electron chi connectivity index (χ4n) is 1.77. The Kier molecular flexibility index (Phi) is 7.89. The monoisotopic (exact) mass is 392 g/mol. The maximum absolute atomic E-state index is 12.5. The summed E-state index contributed by atoms with van der Waals surface area (Å²) in [4.78, 5) is 12.8. The molecule has 0 radical (unpaired) electrons. The number of aliphatic hydroxyl groups is 1. The van der Waals surface area contributed by atoms with E-state index in [0.717, 1.165) is 4.90 Å². The van der Waals surface area contributed by atoms with Gasteiger partial charge in [-0.15, -0.1) is 0 Å². The van der Waals surface area contributed by atoms with Crippen LogP contribution in [0.5, 0.6) is 0 Å². The Morgan fingerprint density at radius 3 is 2.35 bits per heavy atom. The summed E-state index contributed by atoms with van der Waals surface area (Å²) in [6.07, 6.45) is -4.33. The van der Waals surface area contributed by atoms with Crippen molar-refractivity contribution in [3.63, 3.8) is 0 Å². The Morgan fingerprint density at radius 1 is 1.17 bits per heavy atom. The van der Waals surface area contributed by atoms with Crippen LogP contribution >= 0.6 is 34.8 Å². The number of amides is 1. The molecule has 0 atom stereocenters. The van der Waals surface area contributed by atoms with Gasteiger partial charge in [-0.25, -0.2) is 0 Å². The van der Waals surface area contributed by atoms with Gasteiger partial charge in [0.25, 0.3) is 0 Å². The van der Waals surface area contributed by atoms with Crippen molar-refractivity contribution in [2.24, 2.45) is 0 Å². The Morgan fingerprint density at radius 2 is 1.78 bits per heavy atom. The lowest BCUT2D eigenvalue weighted by Crippen LogP contribution is -2.40. The van der Waals surface area contributed by atoms with Crippen LogP contribution in [-0.4, -0.2) is 48.3 Å². The Hall–Kier alpha value is -0.730. The molecule has 10 heteroatoms. The second-order valence-electron chi connectivity index (χ2n) is 4.70. The first-order valence-corrected chi connectivity index (χ1v) is 7.60. The molecule has 2 N–H and O–H groups in total. The van der Waals surface area contributed by atoms with Gasteiger partial charge in [-0.05, 0) is 18.6 Å². The molecule has 0 heterocycles.